The highest BCUT2D eigenvalue weighted by atomic mass is 16.3. The van der Waals surface area contributed by atoms with Crippen LogP contribution in [-0.2, 0) is 0 Å². The van der Waals surface area contributed by atoms with E-state index in [9.17, 15) is 5.11 Å². The van der Waals surface area contributed by atoms with Gasteiger partial charge in [0.1, 0.15) is 0 Å². The first-order chi connectivity index (χ1) is 5.26. The molecular weight excluding hydrogens is 146 g/mol. The summed E-state index contributed by atoms with van der Waals surface area (Å²) < 4.78 is 0. The predicted molar refractivity (Wildman–Crippen MR) is 40.1 cm³/mol. The number of aliphatic hydroxyl groups excluding tert-OH is 3. The molecule has 1 saturated heterocycles. The Morgan fingerprint density at radius 3 is 1.91 bits per heavy atom. The first-order valence-electron chi connectivity index (χ1n) is 3.92. The molecule has 4 heteroatoms. The summed E-state index contributed by atoms with van der Waals surface area (Å²) in [5.74, 6) is 0. The fourth-order valence-electron chi connectivity index (χ4n) is 1.48. The van der Waals surface area contributed by atoms with Crippen molar-refractivity contribution in [3.63, 3.8) is 0 Å². The van der Waals surface area contributed by atoms with Gasteiger partial charge in [-0.3, -0.25) is 0 Å². The Morgan fingerprint density at radius 2 is 1.55 bits per heavy atom. The van der Waals surface area contributed by atoms with Gasteiger partial charge in [-0.05, 0) is 12.8 Å². The zero-order valence-electron chi connectivity index (χ0n) is 6.40. The molecule has 0 amide bonds. The maximum atomic E-state index is 9.25. The Bertz CT molecular complexity index is 108. The summed E-state index contributed by atoms with van der Waals surface area (Å²) in [6.07, 6.45) is 0.769. The summed E-state index contributed by atoms with van der Waals surface area (Å²) in [6.45, 7) is 0.0428. The number of hydrogen-bond acceptors (Lipinski definition) is 4. The zero-order valence-corrected chi connectivity index (χ0v) is 6.40. The SMILES string of the molecule is OCC1CC(O)C[C@@H](CO)N1. The molecular formula is C7H15NO3. The lowest BCUT2D eigenvalue weighted by molar-refractivity contribution is 0.0574. The van der Waals surface area contributed by atoms with E-state index in [2.05, 4.69) is 5.32 Å². The molecule has 66 valence electrons. The van der Waals surface area contributed by atoms with E-state index >= 15 is 0 Å². The first kappa shape index (κ1) is 8.93. The van der Waals surface area contributed by atoms with Crippen molar-refractivity contribution in [2.45, 2.75) is 31.0 Å². The molecule has 0 aromatic rings. The summed E-state index contributed by atoms with van der Waals surface area (Å²) >= 11 is 0. The molecule has 0 bridgehead atoms. The lowest BCUT2D eigenvalue weighted by atomic mass is 9.97. The minimum absolute atomic E-state index is 0.0214. The minimum atomic E-state index is -0.384. The second-order valence-electron chi connectivity index (χ2n) is 3.05. The Balaban J connectivity index is 2.37. The van der Waals surface area contributed by atoms with Crippen molar-refractivity contribution in [1.82, 2.24) is 5.32 Å². The van der Waals surface area contributed by atoms with Crippen LogP contribution in [0.2, 0.25) is 0 Å². The van der Waals surface area contributed by atoms with Gasteiger partial charge in [0, 0.05) is 12.1 Å². The second-order valence-corrected chi connectivity index (χ2v) is 3.05. The summed E-state index contributed by atoms with van der Waals surface area (Å²) in [4.78, 5) is 0. The molecule has 0 radical (unpaired) electrons. The fraction of sp³-hybridized carbons (Fsp3) is 1.00. The van der Waals surface area contributed by atoms with Gasteiger partial charge >= 0.3 is 0 Å². The summed E-state index contributed by atoms with van der Waals surface area (Å²) in [7, 11) is 0. The van der Waals surface area contributed by atoms with E-state index in [0.29, 0.717) is 12.8 Å². The average Bonchev–Trinajstić information content (AvgIpc) is 2.03. The van der Waals surface area contributed by atoms with Gasteiger partial charge in [0.25, 0.3) is 0 Å². The molecule has 4 N–H and O–H groups in total. The highest BCUT2D eigenvalue weighted by Crippen LogP contribution is 2.12. The molecule has 1 rings (SSSR count). The van der Waals surface area contributed by atoms with Crippen LogP contribution in [0.5, 0.6) is 0 Å². The van der Waals surface area contributed by atoms with Gasteiger partial charge in [-0.15, -0.1) is 0 Å². The Kier molecular flexibility index (Phi) is 3.26. The predicted octanol–water partition coefficient (Wildman–Crippen LogP) is -1.55. The van der Waals surface area contributed by atoms with E-state index in [4.69, 9.17) is 10.2 Å². The molecule has 1 aliphatic rings. The molecule has 0 aromatic carbocycles. The standard InChI is InChI=1S/C7H15NO3/c9-3-5-1-7(11)2-6(4-10)8-5/h5-11H,1-4H2/t5-,6?,7?/m0/s1. The van der Waals surface area contributed by atoms with Crippen molar-refractivity contribution in [2.75, 3.05) is 13.2 Å². The van der Waals surface area contributed by atoms with Crippen molar-refractivity contribution in [2.24, 2.45) is 0 Å². The molecule has 0 aromatic heterocycles. The van der Waals surface area contributed by atoms with Gasteiger partial charge < -0.3 is 20.6 Å². The van der Waals surface area contributed by atoms with Gasteiger partial charge in [-0.25, -0.2) is 0 Å². The normalized spacial score (nSPS) is 39.0. The molecule has 0 spiro atoms. The number of rotatable bonds is 2. The molecule has 0 saturated carbocycles. The fourth-order valence-corrected chi connectivity index (χ4v) is 1.48. The van der Waals surface area contributed by atoms with E-state index in [1.54, 1.807) is 0 Å². The molecule has 2 unspecified atom stereocenters. The molecule has 1 heterocycles. The molecule has 0 aliphatic carbocycles. The molecule has 11 heavy (non-hydrogen) atoms. The number of hydrogen-bond donors (Lipinski definition) is 4. The van der Waals surface area contributed by atoms with E-state index in [1.165, 1.54) is 0 Å². The maximum absolute atomic E-state index is 9.25. The topological polar surface area (TPSA) is 72.7 Å². The third-order valence-corrected chi connectivity index (χ3v) is 2.03. The van der Waals surface area contributed by atoms with Gasteiger partial charge in [0.15, 0.2) is 0 Å². The third kappa shape index (κ3) is 2.41. The van der Waals surface area contributed by atoms with Crippen LogP contribution >= 0.6 is 0 Å². The number of nitrogens with one attached hydrogen (secondary N) is 1. The largest absolute Gasteiger partial charge is 0.395 e. The van der Waals surface area contributed by atoms with Crippen molar-refractivity contribution in [1.29, 1.82) is 0 Å². The van der Waals surface area contributed by atoms with Crippen molar-refractivity contribution >= 4 is 0 Å². The van der Waals surface area contributed by atoms with E-state index < -0.39 is 0 Å². The summed E-state index contributed by atoms with van der Waals surface area (Å²) in [6, 6.07) is -0.119. The summed E-state index contributed by atoms with van der Waals surface area (Å²) in [5, 5.41) is 29.8. The monoisotopic (exact) mass is 161 g/mol. The van der Waals surface area contributed by atoms with Crippen LogP contribution in [-0.4, -0.2) is 46.7 Å². The lowest BCUT2D eigenvalue weighted by Crippen LogP contribution is -2.50. The molecule has 1 fully saturated rings. The number of piperidine rings is 1. The second kappa shape index (κ2) is 4.01. The van der Waals surface area contributed by atoms with Crippen LogP contribution in [0.3, 0.4) is 0 Å². The van der Waals surface area contributed by atoms with E-state index in [-0.39, 0.29) is 31.4 Å². The highest BCUT2D eigenvalue weighted by molar-refractivity contribution is 4.84. The van der Waals surface area contributed by atoms with Crippen LogP contribution in [0.1, 0.15) is 12.8 Å². The van der Waals surface area contributed by atoms with Crippen LogP contribution in [0, 0.1) is 0 Å². The van der Waals surface area contributed by atoms with E-state index in [0.717, 1.165) is 0 Å². The van der Waals surface area contributed by atoms with Gasteiger partial charge in [0.2, 0.25) is 0 Å². The molecule has 1 aliphatic heterocycles. The Morgan fingerprint density at radius 1 is 1.09 bits per heavy atom. The van der Waals surface area contributed by atoms with E-state index in [1.807, 2.05) is 0 Å². The Labute approximate surface area is 65.9 Å². The van der Waals surface area contributed by atoms with Crippen molar-refractivity contribution in [3.05, 3.63) is 0 Å². The molecule has 4 nitrogen and oxygen atoms in total. The van der Waals surface area contributed by atoms with Crippen LogP contribution in [0.25, 0.3) is 0 Å². The lowest BCUT2D eigenvalue weighted by Gasteiger charge is -2.31. The highest BCUT2D eigenvalue weighted by Gasteiger charge is 2.25. The average molecular weight is 161 g/mol. The molecule has 3 atom stereocenters. The van der Waals surface area contributed by atoms with Gasteiger partial charge in [-0.2, -0.15) is 0 Å². The van der Waals surface area contributed by atoms with Crippen LogP contribution in [0.15, 0.2) is 0 Å². The Hall–Kier alpha value is -0.160. The smallest absolute Gasteiger partial charge is 0.0585 e. The van der Waals surface area contributed by atoms with Crippen LogP contribution in [0.4, 0.5) is 0 Å². The zero-order chi connectivity index (χ0) is 8.27. The van der Waals surface area contributed by atoms with Crippen LogP contribution < -0.4 is 5.32 Å². The van der Waals surface area contributed by atoms with Gasteiger partial charge in [0.05, 0.1) is 19.3 Å². The number of aliphatic hydroxyl groups is 3. The van der Waals surface area contributed by atoms with Crippen molar-refractivity contribution < 1.29 is 15.3 Å². The minimum Gasteiger partial charge on any atom is -0.395 e. The van der Waals surface area contributed by atoms with Crippen molar-refractivity contribution in [3.8, 4) is 0 Å². The first-order valence-corrected chi connectivity index (χ1v) is 3.92. The summed E-state index contributed by atoms with van der Waals surface area (Å²) in [5.41, 5.74) is 0. The third-order valence-electron chi connectivity index (χ3n) is 2.03. The maximum Gasteiger partial charge on any atom is 0.0585 e. The quantitative estimate of drug-likeness (QED) is 0.396. The van der Waals surface area contributed by atoms with Gasteiger partial charge in [-0.1, -0.05) is 0 Å².